The highest BCUT2D eigenvalue weighted by Gasteiger charge is 2.44. The monoisotopic (exact) mass is 344 g/mol. The molecule has 2 aromatic rings. The molecule has 4 rings (SSSR count). The smallest absolute Gasteiger partial charge is 0.259 e. The van der Waals surface area contributed by atoms with Crippen LogP contribution >= 0.6 is 0 Å². The molecule has 2 aliphatic rings. The Kier molecular flexibility index (Phi) is 3.48. The van der Waals surface area contributed by atoms with E-state index in [4.69, 9.17) is 0 Å². The minimum absolute atomic E-state index is 0.122. The van der Waals surface area contributed by atoms with Gasteiger partial charge in [-0.3, -0.25) is 19.5 Å². The van der Waals surface area contributed by atoms with Crippen molar-refractivity contribution in [2.45, 2.75) is 33.2 Å². The van der Waals surface area contributed by atoms with Crippen LogP contribution in [-0.2, 0) is 4.79 Å². The van der Waals surface area contributed by atoms with E-state index < -0.39 is 5.54 Å². The third kappa shape index (κ3) is 2.33. The van der Waals surface area contributed by atoms with E-state index in [1.54, 1.807) is 24.5 Å². The van der Waals surface area contributed by atoms with Gasteiger partial charge >= 0.3 is 0 Å². The van der Waals surface area contributed by atoms with Gasteiger partial charge in [0.05, 0.1) is 16.8 Å². The number of rotatable bonds is 2. The molecular weight excluding hydrogens is 324 g/mol. The summed E-state index contributed by atoms with van der Waals surface area (Å²) in [4.78, 5) is 31.7. The second-order valence-corrected chi connectivity index (χ2v) is 7.49. The Morgan fingerprint density at radius 3 is 2.46 bits per heavy atom. The van der Waals surface area contributed by atoms with E-state index in [-0.39, 0.29) is 11.7 Å². The molecule has 0 radical (unpaired) electrons. The van der Waals surface area contributed by atoms with Gasteiger partial charge in [0.1, 0.15) is 0 Å². The molecule has 2 aliphatic heterocycles. The summed E-state index contributed by atoms with van der Waals surface area (Å²) in [5.74, 6) is -0.309. The maximum Gasteiger partial charge on any atom is 0.259 e. The minimum atomic E-state index is -0.437. The van der Waals surface area contributed by atoms with Gasteiger partial charge in [-0.15, -0.1) is 0 Å². The van der Waals surface area contributed by atoms with Gasteiger partial charge in [0.25, 0.3) is 5.91 Å². The van der Waals surface area contributed by atoms with Crippen LogP contribution in [0.1, 0.15) is 47.8 Å². The number of allylic oxidation sites excluding steroid dienone is 2. The topological polar surface area (TPSA) is 50.3 Å². The van der Waals surface area contributed by atoms with Crippen LogP contribution in [0.3, 0.4) is 0 Å². The van der Waals surface area contributed by atoms with E-state index in [2.05, 4.69) is 24.1 Å². The first-order chi connectivity index (χ1) is 12.3. The van der Waals surface area contributed by atoms with Crippen molar-refractivity contribution < 1.29 is 9.59 Å². The molecule has 0 saturated carbocycles. The van der Waals surface area contributed by atoms with E-state index in [0.717, 1.165) is 28.0 Å². The first-order valence-electron chi connectivity index (χ1n) is 8.65. The van der Waals surface area contributed by atoms with Gasteiger partial charge in [0.15, 0.2) is 5.78 Å². The number of carbonyl (C=O) groups excluding carboxylic acids is 2. The van der Waals surface area contributed by atoms with Crippen LogP contribution < -0.4 is 4.90 Å². The second kappa shape index (κ2) is 5.49. The number of carbonyl (C=O) groups is 2. The number of anilines is 1. The van der Waals surface area contributed by atoms with E-state index in [1.807, 2.05) is 31.7 Å². The Morgan fingerprint density at radius 1 is 1.12 bits per heavy atom. The summed E-state index contributed by atoms with van der Waals surface area (Å²) in [6.07, 6.45) is 6.74. The number of benzene rings is 1. The van der Waals surface area contributed by atoms with Crippen molar-refractivity contribution in [2.24, 2.45) is 0 Å². The average molecular weight is 344 g/mol. The third-order valence-corrected chi connectivity index (χ3v) is 5.01. The predicted molar refractivity (Wildman–Crippen MR) is 103 cm³/mol. The quantitative estimate of drug-likeness (QED) is 0.606. The van der Waals surface area contributed by atoms with Crippen molar-refractivity contribution in [1.29, 1.82) is 0 Å². The van der Waals surface area contributed by atoms with Crippen molar-refractivity contribution >= 4 is 28.5 Å². The SMILES string of the molecule is CC1=CC(C)(C)N2C(=O)C(=CC(=O)c3ccncc3)c3cc(C)cc1c32. The molecule has 0 aliphatic carbocycles. The van der Waals surface area contributed by atoms with Crippen LogP contribution in [0.5, 0.6) is 0 Å². The second-order valence-electron chi connectivity index (χ2n) is 7.49. The van der Waals surface area contributed by atoms with Crippen molar-refractivity contribution in [3.8, 4) is 0 Å². The third-order valence-electron chi connectivity index (χ3n) is 5.01. The number of aryl methyl sites for hydroxylation is 1. The van der Waals surface area contributed by atoms with Crippen molar-refractivity contribution in [3.05, 3.63) is 71.1 Å². The molecule has 1 amide bonds. The lowest BCUT2D eigenvalue weighted by molar-refractivity contribution is -0.113. The highest BCUT2D eigenvalue weighted by molar-refractivity contribution is 6.37. The van der Waals surface area contributed by atoms with Gasteiger partial charge < -0.3 is 0 Å². The lowest BCUT2D eigenvalue weighted by Gasteiger charge is -2.38. The number of nitrogens with zero attached hydrogens (tertiary/aromatic N) is 2. The number of hydrogen-bond donors (Lipinski definition) is 0. The zero-order valence-corrected chi connectivity index (χ0v) is 15.3. The first kappa shape index (κ1) is 16.5. The molecular formula is C22H20N2O2. The summed E-state index contributed by atoms with van der Waals surface area (Å²) in [5.41, 5.74) is 5.59. The molecule has 0 bridgehead atoms. The summed E-state index contributed by atoms with van der Waals surface area (Å²) >= 11 is 0. The van der Waals surface area contributed by atoms with Crippen LogP contribution in [0.4, 0.5) is 5.69 Å². The number of pyridine rings is 1. The van der Waals surface area contributed by atoms with Crippen LogP contribution in [-0.4, -0.2) is 22.2 Å². The Hall–Kier alpha value is -3.01. The van der Waals surface area contributed by atoms with Gasteiger partial charge in [-0.05, 0) is 69.2 Å². The Labute approximate surface area is 152 Å². The van der Waals surface area contributed by atoms with E-state index in [0.29, 0.717) is 11.1 Å². The Balaban J connectivity index is 1.93. The van der Waals surface area contributed by atoms with E-state index in [9.17, 15) is 9.59 Å². The molecule has 0 atom stereocenters. The highest BCUT2D eigenvalue weighted by Crippen LogP contribution is 2.49. The zero-order chi connectivity index (χ0) is 18.6. The van der Waals surface area contributed by atoms with Crippen molar-refractivity contribution in [3.63, 3.8) is 0 Å². The lowest BCUT2D eigenvalue weighted by atomic mass is 9.88. The molecule has 4 heteroatoms. The van der Waals surface area contributed by atoms with Gasteiger partial charge in [0.2, 0.25) is 0 Å². The molecule has 1 aromatic heterocycles. The van der Waals surface area contributed by atoms with Gasteiger partial charge in [-0.25, -0.2) is 0 Å². The Morgan fingerprint density at radius 2 is 1.77 bits per heavy atom. The Bertz CT molecular complexity index is 1010. The lowest BCUT2D eigenvalue weighted by Crippen LogP contribution is -2.46. The number of ketones is 1. The van der Waals surface area contributed by atoms with Gasteiger partial charge in [-0.1, -0.05) is 6.08 Å². The molecule has 0 N–H and O–H groups in total. The molecule has 0 fully saturated rings. The van der Waals surface area contributed by atoms with E-state index >= 15 is 0 Å². The molecule has 26 heavy (non-hydrogen) atoms. The fourth-order valence-corrected chi connectivity index (χ4v) is 3.95. The number of aromatic nitrogens is 1. The molecule has 3 heterocycles. The summed E-state index contributed by atoms with van der Waals surface area (Å²) < 4.78 is 0. The maximum atomic E-state index is 13.2. The summed E-state index contributed by atoms with van der Waals surface area (Å²) in [6.45, 7) is 8.13. The summed E-state index contributed by atoms with van der Waals surface area (Å²) in [6, 6.07) is 7.42. The molecule has 4 nitrogen and oxygen atoms in total. The van der Waals surface area contributed by atoms with Crippen LogP contribution in [0, 0.1) is 6.92 Å². The molecule has 0 saturated heterocycles. The summed E-state index contributed by atoms with van der Waals surface area (Å²) in [5, 5.41) is 0. The minimum Gasteiger partial charge on any atom is -0.298 e. The van der Waals surface area contributed by atoms with Gasteiger partial charge in [0, 0.05) is 29.1 Å². The molecule has 0 unspecified atom stereocenters. The molecule has 0 spiro atoms. The zero-order valence-electron chi connectivity index (χ0n) is 15.3. The maximum absolute atomic E-state index is 13.2. The number of amides is 1. The fraction of sp³-hybridized carbons (Fsp3) is 0.227. The van der Waals surface area contributed by atoms with E-state index in [1.165, 1.54) is 6.08 Å². The predicted octanol–water partition coefficient (Wildman–Crippen LogP) is 4.20. The number of hydrogen-bond acceptors (Lipinski definition) is 3. The van der Waals surface area contributed by atoms with Crippen LogP contribution in [0.15, 0.2) is 48.8 Å². The standard InChI is InChI=1S/C22H20N2O2/c1-13-9-16-14(2)12-22(3,4)24-20(16)17(10-13)18(21(24)26)11-19(25)15-5-7-23-8-6-15/h5-12H,1-4H3. The normalized spacial score (nSPS) is 18.8. The van der Waals surface area contributed by atoms with Crippen LogP contribution in [0.2, 0.25) is 0 Å². The molecule has 130 valence electrons. The summed E-state index contributed by atoms with van der Waals surface area (Å²) in [7, 11) is 0. The highest BCUT2D eigenvalue weighted by atomic mass is 16.2. The van der Waals surface area contributed by atoms with Gasteiger partial charge in [-0.2, -0.15) is 0 Å². The van der Waals surface area contributed by atoms with Crippen molar-refractivity contribution in [1.82, 2.24) is 4.98 Å². The van der Waals surface area contributed by atoms with Crippen molar-refractivity contribution in [2.75, 3.05) is 4.90 Å². The largest absolute Gasteiger partial charge is 0.298 e. The average Bonchev–Trinajstić information content (AvgIpc) is 2.86. The van der Waals surface area contributed by atoms with Crippen LogP contribution in [0.25, 0.3) is 11.1 Å². The fourth-order valence-electron chi connectivity index (χ4n) is 3.95. The first-order valence-corrected chi connectivity index (χ1v) is 8.65. The molecule has 1 aromatic carbocycles.